The number of hydrogen-bond donors (Lipinski definition) is 1. The van der Waals surface area contributed by atoms with E-state index in [2.05, 4.69) is 21.3 Å². The molecule has 0 aliphatic carbocycles. The second-order valence-corrected chi connectivity index (χ2v) is 8.26. The number of ether oxygens (including phenoxy) is 1. The molecule has 2 aromatic rings. The molecule has 6 heteroatoms. The van der Waals surface area contributed by atoms with Crippen molar-refractivity contribution < 1.29 is 13.9 Å². The summed E-state index contributed by atoms with van der Waals surface area (Å²) in [7, 11) is 0. The van der Waals surface area contributed by atoms with Crippen LogP contribution in [0, 0.1) is 24.6 Å². The maximum atomic E-state index is 13.1. The Hall–Kier alpha value is -2.47. The zero-order chi connectivity index (χ0) is 19.3. The van der Waals surface area contributed by atoms with Crippen LogP contribution in [0.25, 0.3) is 0 Å². The molecular weight excluding hydrogens is 357 g/mol. The lowest BCUT2D eigenvalue weighted by atomic mass is 9.73. The van der Waals surface area contributed by atoms with Crippen molar-refractivity contribution >= 4 is 11.7 Å². The maximum Gasteiger partial charge on any atom is 0.251 e. The van der Waals surface area contributed by atoms with Crippen molar-refractivity contribution in [1.82, 2.24) is 10.3 Å². The molecule has 5 nitrogen and oxygen atoms in total. The van der Waals surface area contributed by atoms with E-state index in [0.717, 1.165) is 37.4 Å². The summed E-state index contributed by atoms with van der Waals surface area (Å²) in [5.41, 5.74) is 1.39. The highest BCUT2D eigenvalue weighted by Gasteiger charge is 2.63. The summed E-state index contributed by atoms with van der Waals surface area (Å²) < 4.78 is 19.5. The van der Waals surface area contributed by atoms with E-state index >= 15 is 0 Å². The van der Waals surface area contributed by atoms with Crippen LogP contribution in [-0.4, -0.2) is 42.2 Å². The lowest BCUT2D eigenvalue weighted by Gasteiger charge is -2.29. The highest BCUT2D eigenvalue weighted by atomic mass is 19.1. The average Bonchev–Trinajstić information content (AvgIpc) is 3.35. The van der Waals surface area contributed by atoms with Crippen LogP contribution in [-0.2, 0) is 4.74 Å². The molecule has 1 spiro atoms. The summed E-state index contributed by atoms with van der Waals surface area (Å²) in [6, 6.07) is 11.8. The fraction of sp³-hybridized carbons (Fsp3) is 0.455. The summed E-state index contributed by atoms with van der Waals surface area (Å²) in [5.74, 6) is 1.20. The van der Waals surface area contributed by atoms with Gasteiger partial charge in [0.2, 0.25) is 0 Å². The molecule has 0 unspecified atom stereocenters. The van der Waals surface area contributed by atoms with E-state index in [-0.39, 0.29) is 23.4 Å². The third-order valence-electron chi connectivity index (χ3n) is 6.59. The third-order valence-corrected chi connectivity index (χ3v) is 6.59. The Morgan fingerprint density at radius 1 is 1.32 bits per heavy atom. The number of fused-ring (bicyclic) bond motifs is 1. The first-order valence-electron chi connectivity index (χ1n) is 9.94. The van der Waals surface area contributed by atoms with Gasteiger partial charge in [-0.1, -0.05) is 6.07 Å². The average molecular weight is 381 g/mol. The number of carbonyl (C=O) groups excluding carboxylic acids is 1. The first-order chi connectivity index (χ1) is 13.5. The second kappa shape index (κ2) is 6.55. The van der Waals surface area contributed by atoms with Crippen molar-refractivity contribution in [2.75, 3.05) is 24.5 Å². The van der Waals surface area contributed by atoms with Gasteiger partial charge in [-0.2, -0.15) is 0 Å². The highest BCUT2D eigenvalue weighted by Crippen LogP contribution is 2.55. The summed E-state index contributed by atoms with van der Waals surface area (Å²) in [6.45, 7) is 4.37. The van der Waals surface area contributed by atoms with Crippen molar-refractivity contribution in [3.63, 3.8) is 0 Å². The van der Waals surface area contributed by atoms with Crippen LogP contribution < -0.4 is 10.2 Å². The van der Waals surface area contributed by atoms with Gasteiger partial charge < -0.3 is 15.0 Å². The van der Waals surface area contributed by atoms with Crippen LogP contribution >= 0.6 is 0 Å². The zero-order valence-corrected chi connectivity index (χ0v) is 15.9. The fourth-order valence-corrected chi connectivity index (χ4v) is 5.26. The van der Waals surface area contributed by atoms with Crippen LogP contribution in [0.1, 0.15) is 28.9 Å². The van der Waals surface area contributed by atoms with Gasteiger partial charge >= 0.3 is 0 Å². The minimum absolute atomic E-state index is 0.110. The van der Waals surface area contributed by atoms with E-state index in [1.165, 1.54) is 24.3 Å². The maximum absolute atomic E-state index is 13.1. The SMILES string of the molecule is Cc1cccc(N2C[C@@H]3[C@H](CNC(=O)c4ccc(F)cc4)[C@H]4CC[C@]3(C2)O4)n1. The molecule has 4 heterocycles. The molecule has 4 atom stereocenters. The van der Waals surface area contributed by atoms with Crippen LogP contribution in [0.3, 0.4) is 0 Å². The zero-order valence-electron chi connectivity index (χ0n) is 15.9. The van der Waals surface area contributed by atoms with E-state index < -0.39 is 0 Å². The van der Waals surface area contributed by atoms with E-state index in [0.29, 0.717) is 23.9 Å². The van der Waals surface area contributed by atoms with Crippen LogP contribution in [0.4, 0.5) is 10.2 Å². The molecule has 1 aromatic heterocycles. The van der Waals surface area contributed by atoms with Gasteiger partial charge in [-0.15, -0.1) is 0 Å². The van der Waals surface area contributed by atoms with Gasteiger partial charge in [-0.05, 0) is 56.2 Å². The molecule has 28 heavy (non-hydrogen) atoms. The number of rotatable bonds is 4. The number of nitrogens with one attached hydrogen (secondary N) is 1. The molecule has 1 N–H and O–H groups in total. The summed E-state index contributed by atoms with van der Waals surface area (Å²) >= 11 is 0. The first-order valence-corrected chi connectivity index (χ1v) is 9.94. The lowest BCUT2D eigenvalue weighted by molar-refractivity contribution is 0.0141. The number of aryl methyl sites for hydroxylation is 1. The van der Waals surface area contributed by atoms with Crippen molar-refractivity contribution in [3.8, 4) is 0 Å². The lowest BCUT2D eigenvalue weighted by Crippen LogP contribution is -2.41. The quantitative estimate of drug-likeness (QED) is 0.885. The molecule has 146 valence electrons. The van der Waals surface area contributed by atoms with Crippen molar-refractivity contribution in [3.05, 3.63) is 59.5 Å². The third kappa shape index (κ3) is 2.87. The predicted molar refractivity (Wildman–Crippen MR) is 104 cm³/mol. The number of benzene rings is 1. The predicted octanol–water partition coefficient (Wildman–Crippen LogP) is 2.94. The first kappa shape index (κ1) is 17.6. The van der Waals surface area contributed by atoms with Crippen molar-refractivity contribution in [1.29, 1.82) is 0 Å². The van der Waals surface area contributed by atoms with E-state index in [1.54, 1.807) is 0 Å². The Labute approximate surface area is 163 Å². The van der Waals surface area contributed by atoms with Crippen LogP contribution in [0.15, 0.2) is 42.5 Å². The number of carbonyl (C=O) groups is 1. The molecule has 2 bridgehead atoms. The minimum atomic E-state index is -0.337. The molecule has 3 fully saturated rings. The Morgan fingerprint density at radius 3 is 2.93 bits per heavy atom. The number of pyridine rings is 1. The Morgan fingerprint density at radius 2 is 2.14 bits per heavy atom. The number of anilines is 1. The van der Waals surface area contributed by atoms with Gasteiger partial charge in [0.25, 0.3) is 5.91 Å². The van der Waals surface area contributed by atoms with E-state index in [1.807, 2.05) is 19.1 Å². The Balaban J connectivity index is 1.29. The van der Waals surface area contributed by atoms with Crippen LogP contribution in [0.5, 0.6) is 0 Å². The number of halogens is 1. The molecule has 3 saturated heterocycles. The normalized spacial score (nSPS) is 30.5. The van der Waals surface area contributed by atoms with Gasteiger partial charge in [0, 0.05) is 42.7 Å². The van der Waals surface area contributed by atoms with E-state index in [4.69, 9.17) is 4.74 Å². The molecule has 5 rings (SSSR count). The van der Waals surface area contributed by atoms with Crippen molar-refractivity contribution in [2.45, 2.75) is 31.5 Å². The number of amides is 1. The van der Waals surface area contributed by atoms with Crippen LogP contribution in [0.2, 0.25) is 0 Å². The van der Waals surface area contributed by atoms with Crippen molar-refractivity contribution in [2.24, 2.45) is 11.8 Å². The second-order valence-electron chi connectivity index (χ2n) is 8.26. The van der Waals surface area contributed by atoms with Gasteiger partial charge in [-0.3, -0.25) is 4.79 Å². The molecule has 3 aliphatic heterocycles. The summed E-state index contributed by atoms with van der Waals surface area (Å²) in [6.07, 6.45) is 2.33. The molecular formula is C22H24FN3O2. The summed E-state index contributed by atoms with van der Waals surface area (Å²) in [5, 5.41) is 3.04. The largest absolute Gasteiger partial charge is 0.369 e. The molecule has 1 aromatic carbocycles. The van der Waals surface area contributed by atoms with Gasteiger partial charge in [0.15, 0.2) is 0 Å². The van der Waals surface area contributed by atoms with Gasteiger partial charge in [0.1, 0.15) is 11.6 Å². The molecule has 3 aliphatic rings. The standard InChI is InChI=1S/C22H24FN3O2/c1-14-3-2-4-20(25-14)26-12-18-17(19-9-10-22(18,13-26)28-19)11-24-21(27)15-5-7-16(23)8-6-15/h2-8,17-19H,9-13H2,1H3,(H,24,27)/t17-,18+,19+,22+/m0/s1. The monoisotopic (exact) mass is 381 g/mol. The smallest absolute Gasteiger partial charge is 0.251 e. The Bertz CT molecular complexity index is 903. The highest BCUT2D eigenvalue weighted by molar-refractivity contribution is 5.94. The molecule has 0 radical (unpaired) electrons. The topological polar surface area (TPSA) is 54.5 Å². The van der Waals surface area contributed by atoms with Gasteiger partial charge in [0.05, 0.1) is 11.7 Å². The molecule has 0 saturated carbocycles. The fourth-order valence-electron chi connectivity index (χ4n) is 5.26. The van der Waals surface area contributed by atoms with Gasteiger partial charge in [-0.25, -0.2) is 9.37 Å². The summed E-state index contributed by atoms with van der Waals surface area (Å²) in [4.78, 5) is 19.4. The minimum Gasteiger partial charge on any atom is -0.369 e. The number of aromatic nitrogens is 1. The van der Waals surface area contributed by atoms with E-state index in [9.17, 15) is 9.18 Å². The number of nitrogens with zero attached hydrogens (tertiary/aromatic N) is 2. The Kier molecular flexibility index (Phi) is 4.12. The molecule has 1 amide bonds. The number of hydrogen-bond acceptors (Lipinski definition) is 4.